The average molecular weight is 250 g/mol. The Morgan fingerprint density at radius 3 is 2.41 bits per heavy atom. The van der Waals surface area contributed by atoms with Gasteiger partial charge in [0.1, 0.15) is 0 Å². The SMILES string of the molecule is Clc1ccc(C2(NCCC3CC3)CCC2)cc1. The van der Waals surface area contributed by atoms with E-state index in [1.165, 1.54) is 50.6 Å². The van der Waals surface area contributed by atoms with Crippen LogP contribution in [0.1, 0.15) is 44.1 Å². The zero-order valence-electron chi connectivity index (χ0n) is 10.2. The van der Waals surface area contributed by atoms with E-state index >= 15 is 0 Å². The van der Waals surface area contributed by atoms with Crippen LogP contribution < -0.4 is 5.32 Å². The van der Waals surface area contributed by atoms with Crippen molar-refractivity contribution in [3.05, 3.63) is 34.9 Å². The third kappa shape index (κ3) is 2.51. The minimum atomic E-state index is 0.263. The van der Waals surface area contributed by atoms with E-state index in [2.05, 4.69) is 17.4 Å². The number of hydrogen-bond donors (Lipinski definition) is 1. The highest BCUT2D eigenvalue weighted by Gasteiger charge is 2.38. The first-order valence-electron chi connectivity index (χ1n) is 6.80. The first-order valence-corrected chi connectivity index (χ1v) is 7.17. The molecular weight excluding hydrogens is 230 g/mol. The van der Waals surface area contributed by atoms with Gasteiger partial charge in [-0.3, -0.25) is 0 Å². The summed E-state index contributed by atoms with van der Waals surface area (Å²) in [6, 6.07) is 8.40. The van der Waals surface area contributed by atoms with E-state index in [9.17, 15) is 0 Å². The molecule has 0 amide bonds. The lowest BCUT2D eigenvalue weighted by atomic mass is 9.72. The maximum atomic E-state index is 5.96. The quantitative estimate of drug-likeness (QED) is 0.828. The summed E-state index contributed by atoms with van der Waals surface area (Å²) in [5, 5.41) is 4.63. The van der Waals surface area contributed by atoms with Crippen LogP contribution in [0.2, 0.25) is 5.02 Å². The third-order valence-corrected chi connectivity index (χ3v) is 4.57. The number of nitrogens with one attached hydrogen (secondary N) is 1. The number of halogens is 1. The molecule has 0 unspecified atom stereocenters. The lowest BCUT2D eigenvalue weighted by Crippen LogP contribution is -2.48. The Balaban J connectivity index is 1.65. The number of hydrogen-bond acceptors (Lipinski definition) is 1. The standard InChI is InChI=1S/C15H20ClN/c16-14-6-4-13(5-7-14)15(9-1-10-15)17-11-8-12-2-3-12/h4-7,12,17H,1-3,8-11H2. The van der Waals surface area contributed by atoms with Gasteiger partial charge in [-0.25, -0.2) is 0 Å². The first-order chi connectivity index (χ1) is 8.28. The Morgan fingerprint density at radius 2 is 1.88 bits per heavy atom. The van der Waals surface area contributed by atoms with Gasteiger partial charge in [-0.15, -0.1) is 0 Å². The van der Waals surface area contributed by atoms with Crippen LogP contribution in [0, 0.1) is 5.92 Å². The van der Waals surface area contributed by atoms with E-state index in [1.807, 2.05) is 12.1 Å². The van der Waals surface area contributed by atoms with Crippen molar-refractivity contribution in [1.82, 2.24) is 5.32 Å². The van der Waals surface area contributed by atoms with Crippen LogP contribution >= 0.6 is 11.6 Å². The summed E-state index contributed by atoms with van der Waals surface area (Å²) in [6.45, 7) is 1.17. The van der Waals surface area contributed by atoms with Gasteiger partial charge in [0, 0.05) is 10.6 Å². The lowest BCUT2D eigenvalue weighted by molar-refractivity contribution is 0.184. The molecule has 0 aromatic heterocycles. The summed E-state index contributed by atoms with van der Waals surface area (Å²) in [6.07, 6.45) is 8.16. The monoisotopic (exact) mass is 249 g/mol. The zero-order valence-corrected chi connectivity index (χ0v) is 11.0. The van der Waals surface area contributed by atoms with Crippen molar-refractivity contribution in [2.75, 3.05) is 6.54 Å². The summed E-state index contributed by atoms with van der Waals surface area (Å²) in [5.41, 5.74) is 1.68. The second-order valence-corrected chi connectivity index (χ2v) is 6.04. The maximum Gasteiger partial charge on any atom is 0.0434 e. The molecule has 2 aliphatic carbocycles. The fourth-order valence-electron chi connectivity index (χ4n) is 2.79. The molecule has 17 heavy (non-hydrogen) atoms. The molecule has 1 aromatic rings. The molecule has 0 atom stereocenters. The van der Waals surface area contributed by atoms with Gasteiger partial charge in [0.15, 0.2) is 0 Å². The van der Waals surface area contributed by atoms with Crippen molar-refractivity contribution in [2.45, 2.75) is 44.1 Å². The van der Waals surface area contributed by atoms with Crippen molar-refractivity contribution in [3.63, 3.8) is 0 Å². The molecule has 1 N–H and O–H groups in total. The molecule has 1 nitrogen and oxygen atoms in total. The molecule has 0 aliphatic heterocycles. The van der Waals surface area contributed by atoms with Crippen molar-refractivity contribution >= 4 is 11.6 Å². The Labute approximate surface area is 109 Å². The zero-order chi connectivity index (χ0) is 11.7. The molecule has 2 saturated carbocycles. The van der Waals surface area contributed by atoms with E-state index in [0.717, 1.165) is 10.9 Å². The molecule has 1 aromatic carbocycles. The van der Waals surface area contributed by atoms with Crippen molar-refractivity contribution in [1.29, 1.82) is 0 Å². The van der Waals surface area contributed by atoms with Gasteiger partial charge in [0.05, 0.1) is 0 Å². The van der Waals surface area contributed by atoms with Crippen LogP contribution in [0.4, 0.5) is 0 Å². The van der Waals surface area contributed by atoms with E-state index in [0.29, 0.717) is 0 Å². The molecule has 0 saturated heterocycles. The largest absolute Gasteiger partial charge is 0.307 e. The predicted octanol–water partition coefficient (Wildman–Crippen LogP) is 4.11. The highest BCUT2D eigenvalue weighted by Crippen LogP contribution is 2.42. The molecule has 0 heterocycles. The molecule has 0 spiro atoms. The van der Waals surface area contributed by atoms with Gasteiger partial charge in [-0.05, 0) is 55.8 Å². The second-order valence-electron chi connectivity index (χ2n) is 5.60. The van der Waals surface area contributed by atoms with Crippen molar-refractivity contribution < 1.29 is 0 Å². The Kier molecular flexibility index (Phi) is 3.14. The van der Waals surface area contributed by atoms with Gasteiger partial charge >= 0.3 is 0 Å². The lowest BCUT2D eigenvalue weighted by Gasteiger charge is -2.43. The molecule has 2 heteroatoms. The van der Waals surface area contributed by atoms with Gasteiger partial charge < -0.3 is 5.32 Å². The molecule has 2 aliphatic rings. The summed E-state index contributed by atoms with van der Waals surface area (Å²) < 4.78 is 0. The van der Waals surface area contributed by atoms with Crippen molar-refractivity contribution in [3.8, 4) is 0 Å². The highest BCUT2D eigenvalue weighted by atomic mass is 35.5. The predicted molar refractivity (Wildman–Crippen MR) is 72.3 cm³/mol. The van der Waals surface area contributed by atoms with Crippen LogP contribution in [-0.4, -0.2) is 6.54 Å². The minimum Gasteiger partial charge on any atom is -0.307 e. The van der Waals surface area contributed by atoms with E-state index in [1.54, 1.807) is 0 Å². The van der Waals surface area contributed by atoms with Gasteiger partial charge in [-0.1, -0.05) is 36.6 Å². The van der Waals surface area contributed by atoms with Gasteiger partial charge in [0.25, 0.3) is 0 Å². The highest BCUT2D eigenvalue weighted by molar-refractivity contribution is 6.30. The fourth-order valence-corrected chi connectivity index (χ4v) is 2.91. The van der Waals surface area contributed by atoms with Crippen molar-refractivity contribution in [2.24, 2.45) is 5.92 Å². The van der Waals surface area contributed by atoms with Gasteiger partial charge in [-0.2, -0.15) is 0 Å². The Bertz CT molecular complexity index is 376. The van der Waals surface area contributed by atoms with Crippen LogP contribution in [0.3, 0.4) is 0 Å². The van der Waals surface area contributed by atoms with E-state index in [-0.39, 0.29) is 5.54 Å². The second kappa shape index (κ2) is 4.62. The molecular formula is C15H20ClN. The third-order valence-electron chi connectivity index (χ3n) is 4.32. The van der Waals surface area contributed by atoms with E-state index < -0.39 is 0 Å². The first kappa shape index (κ1) is 11.6. The summed E-state index contributed by atoms with van der Waals surface area (Å²) in [5.74, 6) is 1.02. The Hall–Kier alpha value is -0.530. The van der Waals surface area contributed by atoms with Crippen LogP contribution in [0.5, 0.6) is 0 Å². The summed E-state index contributed by atoms with van der Waals surface area (Å²) in [4.78, 5) is 0. The fraction of sp³-hybridized carbons (Fsp3) is 0.600. The summed E-state index contributed by atoms with van der Waals surface area (Å²) >= 11 is 5.96. The number of rotatable bonds is 5. The Morgan fingerprint density at radius 1 is 1.18 bits per heavy atom. The average Bonchev–Trinajstić information content (AvgIpc) is 3.08. The normalized spacial score (nSPS) is 22.2. The molecule has 92 valence electrons. The minimum absolute atomic E-state index is 0.263. The summed E-state index contributed by atoms with van der Waals surface area (Å²) in [7, 11) is 0. The smallest absolute Gasteiger partial charge is 0.0434 e. The van der Waals surface area contributed by atoms with Crippen LogP contribution in [-0.2, 0) is 5.54 Å². The molecule has 0 radical (unpaired) electrons. The van der Waals surface area contributed by atoms with E-state index in [4.69, 9.17) is 11.6 Å². The maximum absolute atomic E-state index is 5.96. The molecule has 3 rings (SSSR count). The molecule has 2 fully saturated rings. The number of benzene rings is 1. The van der Waals surface area contributed by atoms with Crippen LogP contribution in [0.15, 0.2) is 24.3 Å². The van der Waals surface area contributed by atoms with Crippen LogP contribution in [0.25, 0.3) is 0 Å². The molecule has 0 bridgehead atoms. The topological polar surface area (TPSA) is 12.0 Å². The van der Waals surface area contributed by atoms with Gasteiger partial charge in [0.2, 0.25) is 0 Å².